The Hall–Kier alpha value is -2.44. The van der Waals surface area contributed by atoms with E-state index in [0.29, 0.717) is 19.7 Å². The van der Waals surface area contributed by atoms with Crippen LogP contribution in [0.1, 0.15) is 26.5 Å². The van der Waals surface area contributed by atoms with Crippen LogP contribution < -0.4 is 0 Å². The standard InChI is InChI=1S/C20H21N3O2S/c1-15-6-10-26-19(15)20(24)23-11-17-3-2-9-22(17)12-18(13-23)25-14-16-4-7-21-8-5-16/h2-10,18H,11-14H2,1H3. The second-order valence-electron chi connectivity index (χ2n) is 6.56. The summed E-state index contributed by atoms with van der Waals surface area (Å²) in [5.41, 5.74) is 3.26. The van der Waals surface area contributed by atoms with Crippen LogP contribution in [0, 0.1) is 6.92 Å². The molecular weight excluding hydrogens is 346 g/mol. The molecule has 1 unspecified atom stereocenters. The lowest BCUT2D eigenvalue weighted by molar-refractivity contribution is 0.0106. The van der Waals surface area contributed by atoms with Gasteiger partial charge in [-0.3, -0.25) is 9.78 Å². The summed E-state index contributed by atoms with van der Waals surface area (Å²) in [5.74, 6) is 0.0876. The zero-order chi connectivity index (χ0) is 17.9. The first-order valence-corrected chi connectivity index (χ1v) is 9.56. The lowest BCUT2D eigenvalue weighted by atomic mass is 10.2. The number of hydrogen-bond donors (Lipinski definition) is 0. The highest BCUT2D eigenvalue weighted by molar-refractivity contribution is 7.12. The molecule has 26 heavy (non-hydrogen) atoms. The predicted octanol–water partition coefficient (Wildman–Crippen LogP) is 3.49. The third-order valence-corrected chi connectivity index (χ3v) is 5.68. The Labute approximate surface area is 156 Å². The van der Waals surface area contributed by atoms with Crippen LogP contribution in [0.25, 0.3) is 0 Å². The van der Waals surface area contributed by atoms with Crippen LogP contribution in [0.2, 0.25) is 0 Å². The maximum absolute atomic E-state index is 13.0. The van der Waals surface area contributed by atoms with Crippen molar-refractivity contribution >= 4 is 17.2 Å². The van der Waals surface area contributed by atoms with E-state index in [4.69, 9.17) is 4.74 Å². The molecule has 0 spiro atoms. The third-order valence-electron chi connectivity index (χ3n) is 4.68. The van der Waals surface area contributed by atoms with Gasteiger partial charge in [-0.05, 0) is 53.8 Å². The minimum absolute atomic E-state index is 0.0546. The number of aryl methyl sites for hydroxylation is 1. The summed E-state index contributed by atoms with van der Waals surface area (Å²) < 4.78 is 8.35. The van der Waals surface area contributed by atoms with Gasteiger partial charge in [0.1, 0.15) is 0 Å². The number of aromatic nitrogens is 2. The Morgan fingerprint density at radius 1 is 1.27 bits per heavy atom. The Balaban J connectivity index is 1.53. The number of nitrogens with zero attached hydrogens (tertiary/aromatic N) is 3. The average Bonchev–Trinajstić information content (AvgIpc) is 3.24. The van der Waals surface area contributed by atoms with Crippen molar-refractivity contribution < 1.29 is 9.53 Å². The number of thiophene rings is 1. The van der Waals surface area contributed by atoms with Crippen molar-refractivity contribution in [2.75, 3.05) is 6.54 Å². The molecule has 0 saturated carbocycles. The molecule has 6 heteroatoms. The Kier molecular flexibility index (Phi) is 4.86. The number of pyridine rings is 1. The second kappa shape index (κ2) is 7.43. The van der Waals surface area contributed by atoms with Crippen molar-refractivity contribution in [3.63, 3.8) is 0 Å². The number of carbonyl (C=O) groups is 1. The first-order chi connectivity index (χ1) is 12.7. The molecule has 134 valence electrons. The molecule has 3 aromatic heterocycles. The topological polar surface area (TPSA) is 47.4 Å². The number of hydrogen-bond acceptors (Lipinski definition) is 4. The average molecular weight is 367 g/mol. The molecule has 0 aromatic carbocycles. The van der Waals surface area contributed by atoms with Crippen LogP contribution in [-0.4, -0.2) is 33.0 Å². The number of rotatable bonds is 4. The van der Waals surface area contributed by atoms with Crippen LogP contribution >= 0.6 is 11.3 Å². The van der Waals surface area contributed by atoms with Crippen molar-refractivity contribution in [1.82, 2.24) is 14.5 Å². The van der Waals surface area contributed by atoms with E-state index >= 15 is 0 Å². The zero-order valence-corrected chi connectivity index (χ0v) is 15.5. The van der Waals surface area contributed by atoms with Gasteiger partial charge in [-0.15, -0.1) is 11.3 Å². The van der Waals surface area contributed by atoms with Crippen molar-refractivity contribution in [2.24, 2.45) is 0 Å². The highest BCUT2D eigenvalue weighted by Crippen LogP contribution is 2.22. The predicted molar refractivity (Wildman–Crippen MR) is 101 cm³/mol. The Bertz CT molecular complexity index is 887. The summed E-state index contributed by atoms with van der Waals surface area (Å²) in [6, 6.07) is 10.0. The van der Waals surface area contributed by atoms with E-state index in [9.17, 15) is 4.79 Å². The molecule has 1 aliphatic rings. The number of carbonyl (C=O) groups excluding carboxylic acids is 1. The smallest absolute Gasteiger partial charge is 0.264 e. The molecule has 1 amide bonds. The molecule has 3 aromatic rings. The van der Waals surface area contributed by atoms with Gasteiger partial charge in [0.2, 0.25) is 0 Å². The van der Waals surface area contributed by atoms with Gasteiger partial charge in [-0.1, -0.05) is 0 Å². The first kappa shape index (κ1) is 17.0. The fourth-order valence-corrected chi connectivity index (χ4v) is 4.13. The van der Waals surface area contributed by atoms with Crippen LogP contribution in [-0.2, 0) is 24.4 Å². The molecule has 1 atom stereocenters. The monoisotopic (exact) mass is 367 g/mol. The van der Waals surface area contributed by atoms with E-state index in [2.05, 4.69) is 21.8 Å². The van der Waals surface area contributed by atoms with Gasteiger partial charge in [0.15, 0.2) is 0 Å². The van der Waals surface area contributed by atoms with Gasteiger partial charge in [0, 0.05) is 30.8 Å². The number of fused-ring (bicyclic) bond motifs is 1. The second-order valence-corrected chi connectivity index (χ2v) is 7.47. The van der Waals surface area contributed by atoms with E-state index in [1.165, 1.54) is 11.3 Å². The molecule has 0 bridgehead atoms. The molecule has 0 radical (unpaired) electrons. The van der Waals surface area contributed by atoms with Crippen molar-refractivity contribution in [3.05, 3.63) is 76.0 Å². The van der Waals surface area contributed by atoms with Crippen molar-refractivity contribution in [2.45, 2.75) is 32.7 Å². The molecule has 1 aliphatic heterocycles. The Morgan fingerprint density at radius 2 is 2.12 bits per heavy atom. The van der Waals surface area contributed by atoms with Gasteiger partial charge in [-0.2, -0.15) is 0 Å². The molecule has 4 rings (SSSR count). The molecule has 0 fully saturated rings. The number of amides is 1. The Morgan fingerprint density at radius 3 is 2.88 bits per heavy atom. The first-order valence-electron chi connectivity index (χ1n) is 8.68. The quantitative estimate of drug-likeness (QED) is 0.709. The summed E-state index contributed by atoms with van der Waals surface area (Å²) in [6.45, 7) is 4.45. The summed E-state index contributed by atoms with van der Waals surface area (Å²) in [5, 5.41) is 1.97. The third kappa shape index (κ3) is 3.57. The van der Waals surface area contributed by atoms with Crippen LogP contribution in [0.3, 0.4) is 0 Å². The highest BCUT2D eigenvalue weighted by Gasteiger charge is 2.27. The maximum Gasteiger partial charge on any atom is 0.264 e. The normalized spacial score (nSPS) is 17.0. The van der Waals surface area contributed by atoms with Gasteiger partial charge in [-0.25, -0.2) is 0 Å². The van der Waals surface area contributed by atoms with E-state index < -0.39 is 0 Å². The zero-order valence-electron chi connectivity index (χ0n) is 14.7. The molecule has 4 heterocycles. The van der Waals surface area contributed by atoms with Crippen LogP contribution in [0.15, 0.2) is 54.3 Å². The minimum Gasteiger partial charge on any atom is -0.370 e. The summed E-state index contributed by atoms with van der Waals surface area (Å²) in [6.07, 6.45) is 5.54. The van der Waals surface area contributed by atoms with E-state index in [1.54, 1.807) is 12.4 Å². The fourth-order valence-electron chi connectivity index (χ4n) is 3.24. The van der Waals surface area contributed by atoms with E-state index in [-0.39, 0.29) is 12.0 Å². The summed E-state index contributed by atoms with van der Waals surface area (Å²) >= 11 is 1.51. The number of ether oxygens (including phenoxy) is 1. The molecule has 0 saturated heterocycles. The SMILES string of the molecule is Cc1ccsc1C(=O)N1Cc2cccn2CC(OCc2ccncc2)C1. The molecular formula is C20H21N3O2S. The van der Waals surface area contributed by atoms with Gasteiger partial charge in [0.05, 0.1) is 30.7 Å². The molecule has 0 N–H and O–H groups in total. The van der Waals surface area contributed by atoms with Gasteiger partial charge >= 0.3 is 0 Å². The van der Waals surface area contributed by atoms with Crippen molar-refractivity contribution in [1.29, 1.82) is 0 Å². The van der Waals surface area contributed by atoms with Gasteiger partial charge in [0.25, 0.3) is 5.91 Å². The van der Waals surface area contributed by atoms with Gasteiger partial charge < -0.3 is 14.2 Å². The minimum atomic E-state index is -0.0546. The maximum atomic E-state index is 13.0. The summed E-state index contributed by atoms with van der Waals surface area (Å²) in [4.78, 5) is 19.8. The fraction of sp³-hybridized carbons (Fsp3) is 0.300. The molecule has 5 nitrogen and oxygen atoms in total. The summed E-state index contributed by atoms with van der Waals surface area (Å²) in [7, 11) is 0. The lowest BCUT2D eigenvalue weighted by Crippen LogP contribution is -2.37. The lowest BCUT2D eigenvalue weighted by Gasteiger charge is -2.24. The van der Waals surface area contributed by atoms with E-state index in [0.717, 1.165) is 28.2 Å². The highest BCUT2D eigenvalue weighted by atomic mass is 32.1. The van der Waals surface area contributed by atoms with Crippen molar-refractivity contribution in [3.8, 4) is 0 Å². The van der Waals surface area contributed by atoms with Crippen LogP contribution in [0.4, 0.5) is 0 Å². The largest absolute Gasteiger partial charge is 0.370 e. The van der Waals surface area contributed by atoms with Crippen LogP contribution in [0.5, 0.6) is 0 Å². The van der Waals surface area contributed by atoms with E-state index in [1.807, 2.05) is 41.5 Å². The molecule has 0 aliphatic carbocycles.